The van der Waals surface area contributed by atoms with Gasteiger partial charge >= 0.3 is 11.6 Å². The molecule has 0 radical (unpaired) electrons. The van der Waals surface area contributed by atoms with E-state index in [1.165, 1.54) is 46.6 Å². The normalized spacial score (nSPS) is 10.5. The first-order valence-corrected chi connectivity index (χ1v) is 8.58. The zero-order valence-electron chi connectivity index (χ0n) is 16.4. The van der Waals surface area contributed by atoms with Crippen molar-refractivity contribution in [1.82, 2.24) is 0 Å². The highest BCUT2D eigenvalue weighted by molar-refractivity contribution is 5.94. The van der Waals surface area contributed by atoms with E-state index in [1.54, 1.807) is 18.2 Å². The van der Waals surface area contributed by atoms with E-state index in [9.17, 15) is 9.59 Å². The summed E-state index contributed by atoms with van der Waals surface area (Å²) in [6.07, 6.45) is 0. The van der Waals surface area contributed by atoms with Crippen LogP contribution in [0.3, 0.4) is 0 Å². The van der Waals surface area contributed by atoms with Gasteiger partial charge in [-0.25, -0.2) is 9.59 Å². The quantitative estimate of drug-likeness (QED) is 0.441. The Morgan fingerprint density at radius 2 is 1.55 bits per heavy atom. The maximum atomic E-state index is 12.7. The molecular weight excluding hydrogens is 380 g/mol. The van der Waals surface area contributed by atoms with Crippen LogP contribution in [0.4, 0.5) is 0 Å². The van der Waals surface area contributed by atoms with E-state index in [1.807, 2.05) is 0 Å². The predicted molar refractivity (Wildman–Crippen MR) is 104 cm³/mol. The Balaban J connectivity index is 1.90. The summed E-state index contributed by atoms with van der Waals surface area (Å²) in [6.45, 7) is -0.134. The maximum absolute atomic E-state index is 12.7. The third kappa shape index (κ3) is 4.11. The fourth-order valence-electron chi connectivity index (χ4n) is 2.87. The first-order valence-electron chi connectivity index (χ1n) is 8.58. The number of hydrogen-bond donors (Lipinski definition) is 0. The van der Waals surface area contributed by atoms with Gasteiger partial charge in [0.15, 0.2) is 11.5 Å². The van der Waals surface area contributed by atoms with Crippen LogP contribution in [-0.4, -0.2) is 34.4 Å². The van der Waals surface area contributed by atoms with Crippen molar-refractivity contribution in [2.75, 3.05) is 28.4 Å². The molecule has 0 spiro atoms. The molecule has 152 valence electrons. The van der Waals surface area contributed by atoms with Crippen molar-refractivity contribution < 1.29 is 32.9 Å². The van der Waals surface area contributed by atoms with E-state index >= 15 is 0 Å². The summed E-state index contributed by atoms with van der Waals surface area (Å²) in [6, 6.07) is 9.35. The van der Waals surface area contributed by atoms with E-state index in [4.69, 9.17) is 28.1 Å². The molecule has 3 aromatic rings. The number of hydrogen-bond acceptors (Lipinski definition) is 8. The van der Waals surface area contributed by atoms with Crippen LogP contribution in [0.25, 0.3) is 11.0 Å². The average Bonchev–Trinajstić information content (AvgIpc) is 2.75. The number of rotatable bonds is 7. The van der Waals surface area contributed by atoms with Crippen LogP contribution in [0, 0.1) is 0 Å². The first-order chi connectivity index (χ1) is 14.0. The van der Waals surface area contributed by atoms with Crippen molar-refractivity contribution in [3.05, 3.63) is 57.9 Å². The van der Waals surface area contributed by atoms with Crippen LogP contribution in [0.2, 0.25) is 0 Å². The van der Waals surface area contributed by atoms with Crippen molar-refractivity contribution in [2.24, 2.45) is 0 Å². The maximum Gasteiger partial charge on any atom is 0.342 e. The van der Waals surface area contributed by atoms with E-state index < -0.39 is 11.6 Å². The van der Waals surface area contributed by atoms with Crippen LogP contribution in [0.5, 0.6) is 23.0 Å². The van der Waals surface area contributed by atoms with Gasteiger partial charge in [-0.15, -0.1) is 0 Å². The van der Waals surface area contributed by atoms with Gasteiger partial charge in [0.1, 0.15) is 29.3 Å². The standard InChI is InChI=1S/C21H20O8/c1-24-13-5-6-14-12(7-20(22)29-17(14)8-13)11-28-21(23)15-9-18(26-3)19(27-4)10-16(15)25-2/h5-10H,11H2,1-4H3. The molecular formula is C21H20O8. The molecule has 0 aliphatic carbocycles. The molecule has 8 heteroatoms. The molecule has 0 aliphatic rings. The van der Waals surface area contributed by atoms with Gasteiger partial charge in [0.25, 0.3) is 0 Å². The Kier molecular flexibility index (Phi) is 5.92. The second kappa shape index (κ2) is 8.55. The fraction of sp³-hybridized carbons (Fsp3) is 0.238. The topological polar surface area (TPSA) is 93.4 Å². The average molecular weight is 400 g/mol. The molecule has 0 atom stereocenters. The van der Waals surface area contributed by atoms with E-state index in [0.29, 0.717) is 33.8 Å². The summed E-state index contributed by atoms with van der Waals surface area (Å²) in [5.41, 5.74) is 0.456. The highest BCUT2D eigenvalue weighted by Gasteiger charge is 2.19. The van der Waals surface area contributed by atoms with E-state index in [2.05, 4.69) is 0 Å². The monoisotopic (exact) mass is 400 g/mol. The predicted octanol–water partition coefficient (Wildman–Crippen LogP) is 3.18. The highest BCUT2D eigenvalue weighted by atomic mass is 16.5. The largest absolute Gasteiger partial charge is 0.497 e. The zero-order valence-corrected chi connectivity index (χ0v) is 16.4. The van der Waals surface area contributed by atoms with Crippen molar-refractivity contribution in [2.45, 2.75) is 6.61 Å². The lowest BCUT2D eigenvalue weighted by atomic mass is 10.1. The summed E-state index contributed by atoms with van der Waals surface area (Å²) in [4.78, 5) is 24.5. The molecule has 8 nitrogen and oxygen atoms in total. The molecule has 0 N–H and O–H groups in total. The molecule has 0 saturated heterocycles. The number of fused-ring (bicyclic) bond motifs is 1. The lowest BCUT2D eigenvalue weighted by Gasteiger charge is -2.14. The van der Waals surface area contributed by atoms with Crippen LogP contribution in [0.1, 0.15) is 15.9 Å². The van der Waals surface area contributed by atoms with Crippen LogP contribution in [0.15, 0.2) is 45.6 Å². The van der Waals surface area contributed by atoms with Gasteiger partial charge in [-0.1, -0.05) is 0 Å². The summed E-state index contributed by atoms with van der Waals surface area (Å²) in [7, 11) is 5.89. The Morgan fingerprint density at radius 3 is 2.21 bits per heavy atom. The molecule has 0 aliphatic heterocycles. The summed E-state index contributed by atoms with van der Waals surface area (Å²) in [5, 5.41) is 0.637. The lowest BCUT2D eigenvalue weighted by molar-refractivity contribution is 0.0469. The molecule has 1 heterocycles. The van der Waals surface area contributed by atoms with Gasteiger partial charge in [0.05, 0.1) is 28.4 Å². The van der Waals surface area contributed by atoms with Gasteiger partial charge in [0.2, 0.25) is 0 Å². The minimum absolute atomic E-state index is 0.134. The smallest absolute Gasteiger partial charge is 0.342 e. The molecule has 2 aromatic carbocycles. The van der Waals surface area contributed by atoms with Gasteiger partial charge < -0.3 is 28.1 Å². The minimum Gasteiger partial charge on any atom is -0.497 e. The second-order valence-electron chi connectivity index (χ2n) is 5.94. The fourth-order valence-corrected chi connectivity index (χ4v) is 2.87. The molecule has 0 bridgehead atoms. The molecule has 0 saturated carbocycles. The third-order valence-corrected chi connectivity index (χ3v) is 4.32. The van der Waals surface area contributed by atoms with Crippen molar-refractivity contribution in [3.63, 3.8) is 0 Å². The Morgan fingerprint density at radius 1 is 0.862 bits per heavy atom. The summed E-state index contributed by atoms with van der Waals surface area (Å²) < 4.78 is 31.5. The highest BCUT2D eigenvalue weighted by Crippen LogP contribution is 2.35. The zero-order chi connectivity index (χ0) is 21.0. The molecule has 1 aromatic heterocycles. The van der Waals surface area contributed by atoms with Crippen molar-refractivity contribution >= 4 is 16.9 Å². The van der Waals surface area contributed by atoms with E-state index in [-0.39, 0.29) is 17.9 Å². The van der Waals surface area contributed by atoms with Crippen molar-refractivity contribution in [1.29, 1.82) is 0 Å². The lowest BCUT2D eigenvalue weighted by Crippen LogP contribution is -2.10. The number of benzene rings is 2. The molecule has 0 unspecified atom stereocenters. The Bertz CT molecular complexity index is 1100. The molecule has 3 rings (SSSR count). The number of ether oxygens (including phenoxy) is 5. The third-order valence-electron chi connectivity index (χ3n) is 4.32. The second-order valence-corrected chi connectivity index (χ2v) is 5.94. The number of esters is 1. The summed E-state index contributed by atoms with van der Waals surface area (Å²) in [5.74, 6) is 0.956. The number of methoxy groups -OCH3 is 4. The number of carbonyl (C=O) groups is 1. The van der Waals surface area contributed by atoms with Crippen LogP contribution < -0.4 is 24.6 Å². The van der Waals surface area contributed by atoms with Gasteiger partial charge in [-0.05, 0) is 12.1 Å². The molecule has 29 heavy (non-hydrogen) atoms. The van der Waals surface area contributed by atoms with Gasteiger partial charge in [0, 0.05) is 35.2 Å². The molecule has 0 amide bonds. The Hall–Kier alpha value is -3.68. The summed E-state index contributed by atoms with van der Waals surface area (Å²) >= 11 is 0. The van der Waals surface area contributed by atoms with Gasteiger partial charge in [-0.2, -0.15) is 0 Å². The van der Waals surface area contributed by atoms with Crippen LogP contribution in [-0.2, 0) is 11.3 Å². The van der Waals surface area contributed by atoms with Crippen molar-refractivity contribution in [3.8, 4) is 23.0 Å². The number of carbonyl (C=O) groups excluding carboxylic acids is 1. The van der Waals surface area contributed by atoms with Gasteiger partial charge in [-0.3, -0.25) is 0 Å². The minimum atomic E-state index is -0.641. The van der Waals surface area contributed by atoms with E-state index in [0.717, 1.165) is 0 Å². The molecule has 0 fully saturated rings. The SMILES string of the molecule is COc1ccc2c(COC(=O)c3cc(OC)c(OC)cc3OC)cc(=O)oc2c1. The Labute approximate surface area is 166 Å². The first kappa shape index (κ1) is 20.1. The van der Waals surface area contributed by atoms with Crippen LogP contribution >= 0.6 is 0 Å².